The van der Waals surface area contributed by atoms with E-state index in [1.807, 2.05) is 6.07 Å². The fourth-order valence-corrected chi connectivity index (χ4v) is 2.66. The zero-order chi connectivity index (χ0) is 22.9. The quantitative estimate of drug-likeness (QED) is 0.270. The molecule has 32 heavy (non-hydrogen) atoms. The Morgan fingerprint density at radius 3 is 2.38 bits per heavy atom. The van der Waals surface area contributed by atoms with Crippen molar-refractivity contribution < 1.29 is 24.2 Å². The van der Waals surface area contributed by atoms with Gasteiger partial charge in [-0.3, -0.25) is 14.4 Å². The molecule has 3 aromatic carbocycles. The average molecular weight is 432 g/mol. The summed E-state index contributed by atoms with van der Waals surface area (Å²) < 4.78 is 5.05. The number of amides is 3. The van der Waals surface area contributed by atoms with Gasteiger partial charge in [0.05, 0.1) is 24.6 Å². The summed E-state index contributed by atoms with van der Waals surface area (Å²) in [5.41, 5.74) is 3.29. The van der Waals surface area contributed by atoms with Crippen LogP contribution in [-0.2, 0) is 9.59 Å². The topological polar surface area (TPSA) is 129 Å². The van der Waals surface area contributed by atoms with Crippen molar-refractivity contribution in [3.63, 3.8) is 0 Å². The number of phenols is 1. The van der Waals surface area contributed by atoms with Crippen molar-refractivity contribution in [2.45, 2.75) is 0 Å². The Hall–Kier alpha value is -4.66. The van der Waals surface area contributed by atoms with Gasteiger partial charge in [0.15, 0.2) is 0 Å². The normalized spacial score (nSPS) is 10.4. The van der Waals surface area contributed by atoms with Crippen molar-refractivity contribution in [3.8, 4) is 11.5 Å². The zero-order valence-corrected chi connectivity index (χ0v) is 17.0. The summed E-state index contributed by atoms with van der Waals surface area (Å²) in [6.45, 7) is 0. The van der Waals surface area contributed by atoms with E-state index in [2.05, 4.69) is 21.2 Å². The van der Waals surface area contributed by atoms with Crippen LogP contribution in [0.2, 0.25) is 0 Å². The molecule has 9 heteroatoms. The van der Waals surface area contributed by atoms with Crippen LogP contribution < -0.4 is 20.8 Å². The van der Waals surface area contributed by atoms with Crippen molar-refractivity contribution in [1.82, 2.24) is 5.43 Å². The lowest BCUT2D eigenvalue weighted by molar-refractivity contribution is -0.136. The minimum absolute atomic E-state index is 0.0772. The predicted octanol–water partition coefficient (Wildman–Crippen LogP) is 2.74. The summed E-state index contributed by atoms with van der Waals surface area (Å²) in [6.07, 6.45) is 1.17. The molecule has 0 heterocycles. The molecule has 0 aliphatic heterocycles. The zero-order valence-electron chi connectivity index (χ0n) is 17.0. The van der Waals surface area contributed by atoms with E-state index in [1.54, 1.807) is 42.5 Å². The first-order valence-corrected chi connectivity index (χ1v) is 9.44. The Morgan fingerprint density at radius 1 is 0.906 bits per heavy atom. The number of hydrogen-bond acceptors (Lipinski definition) is 6. The summed E-state index contributed by atoms with van der Waals surface area (Å²) in [5.74, 6) is -2.11. The molecule has 0 bridgehead atoms. The number of benzene rings is 3. The van der Waals surface area contributed by atoms with Crippen molar-refractivity contribution in [2.75, 3.05) is 17.7 Å². The molecule has 0 aliphatic rings. The molecule has 0 atom stereocenters. The third-order valence-corrected chi connectivity index (χ3v) is 4.26. The Kier molecular flexibility index (Phi) is 7.16. The van der Waals surface area contributed by atoms with Crippen molar-refractivity contribution in [1.29, 1.82) is 0 Å². The van der Waals surface area contributed by atoms with Crippen LogP contribution in [-0.4, -0.2) is 36.2 Å². The first-order chi connectivity index (χ1) is 15.5. The molecule has 0 spiro atoms. The second kappa shape index (κ2) is 10.4. The van der Waals surface area contributed by atoms with E-state index in [4.69, 9.17) is 4.74 Å². The highest BCUT2D eigenvalue weighted by Gasteiger charge is 2.17. The number of carbonyl (C=O) groups excluding carboxylic acids is 3. The van der Waals surface area contributed by atoms with Gasteiger partial charge in [-0.1, -0.05) is 30.3 Å². The van der Waals surface area contributed by atoms with Crippen molar-refractivity contribution >= 4 is 35.3 Å². The Bertz CT molecular complexity index is 1160. The van der Waals surface area contributed by atoms with Crippen LogP contribution in [0.25, 0.3) is 0 Å². The molecular weight excluding hydrogens is 412 g/mol. The Labute approximate surface area is 183 Å². The molecule has 0 fully saturated rings. The Balaban J connectivity index is 1.64. The maximum Gasteiger partial charge on any atom is 0.329 e. The number of hydrazone groups is 1. The molecule has 9 nitrogen and oxygen atoms in total. The minimum atomic E-state index is -1.05. The second-order valence-corrected chi connectivity index (χ2v) is 6.44. The molecule has 3 amide bonds. The first-order valence-electron chi connectivity index (χ1n) is 9.44. The number of hydrogen-bond donors (Lipinski definition) is 4. The van der Waals surface area contributed by atoms with Gasteiger partial charge in [-0.25, -0.2) is 5.43 Å². The molecule has 0 saturated heterocycles. The predicted molar refractivity (Wildman–Crippen MR) is 120 cm³/mol. The van der Waals surface area contributed by atoms with Gasteiger partial charge in [0.1, 0.15) is 11.5 Å². The monoisotopic (exact) mass is 432 g/mol. The van der Waals surface area contributed by atoms with E-state index in [0.717, 1.165) is 0 Å². The number of para-hydroxylation sites is 2. The largest absolute Gasteiger partial charge is 0.507 e. The highest BCUT2D eigenvalue weighted by atomic mass is 16.5. The third kappa shape index (κ3) is 5.70. The number of methoxy groups -OCH3 is 1. The molecule has 3 aromatic rings. The van der Waals surface area contributed by atoms with E-state index in [1.165, 1.54) is 37.6 Å². The van der Waals surface area contributed by atoms with Crippen LogP contribution in [0.5, 0.6) is 11.5 Å². The van der Waals surface area contributed by atoms with E-state index < -0.39 is 17.7 Å². The number of ether oxygens (including phenoxy) is 1. The molecule has 0 aliphatic carbocycles. The summed E-state index contributed by atoms with van der Waals surface area (Å²) in [7, 11) is 1.47. The standard InChI is InChI=1S/C23H20N4O5/c1-32-17-11-12-20(28)15(13-17)14-24-27-23(31)22(30)26-19-10-6-5-9-18(19)21(29)25-16-7-3-2-4-8-16/h2-14,28H,1H3,(H,25,29)(H,26,30)(H,27,31)/b24-14+. The fourth-order valence-electron chi connectivity index (χ4n) is 2.66. The fraction of sp³-hybridized carbons (Fsp3) is 0.0435. The van der Waals surface area contributed by atoms with Gasteiger partial charge in [-0.2, -0.15) is 5.10 Å². The lowest BCUT2D eigenvalue weighted by atomic mass is 10.1. The van der Waals surface area contributed by atoms with E-state index in [-0.39, 0.29) is 22.6 Å². The highest BCUT2D eigenvalue weighted by molar-refractivity contribution is 6.40. The summed E-state index contributed by atoms with van der Waals surface area (Å²) in [6, 6.07) is 19.6. The van der Waals surface area contributed by atoms with Crippen LogP contribution in [0, 0.1) is 0 Å². The van der Waals surface area contributed by atoms with Crippen LogP contribution in [0.1, 0.15) is 15.9 Å². The molecule has 3 rings (SSSR count). The average Bonchev–Trinajstić information content (AvgIpc) is 2.81. The highest BCUT2D eigenvalue weighted by Crippen LogP contribution is 2.21. The van der Waals surface area contributed by atoms with E-state index in [0.29, 0.717) is 11.4 Å². The minimum Gasteiger partial charge on any atom is -0.507 e. The van der Waals surface area contributed by atoms with Crippen LogP contribution in [0.4, 0.5) is 11.4 Å². The van der Waals surface area contributed by atoms with E-state index in [9.17, 15) is 19.5 Å². The number of anilines is 2. The number of carbonyl (C=O) groups is 3. The van der Waals surface area contributed by atoms with Crippen LogP contribution >= 0.6 is 0 Å². The van der Waals surface area contributed by atoms with Crippen molar-refractivity contribution in [3.05, 3.63) is 83.9 Å². The SMILES string of the molecule is COc1ccc(O)c(/C=N/NC(=O)C(=O)Nc2ccccc2C(=O)Nc2ccccc2)c1. The number of aromatic hydroxyl groups is 1. The lowest BCUT2D eigenvalue weighted by Gasteiger charge is -2.11. The van der Waals surface area contributed by atoms with Gasteiger partial charge in [-0.15, -0.1) is 0 Å². The van der Waals surface area contributed by atoms with E-state index >= 15 is 0 Å². The van der Waals surface area contributed by atoms with Gasteiger partial charge in [0.25, 0.3) is 5.91 Å². The third-order valence-electron chi connectivity index (χ3n) is 4.26. The molecular formula is C23H20N4O5. The maximum atomic E-state index is 12.6. The van der Waals surface area contributed by atoms with Gasteiger partial charge in [0.2, 0.25) is 0 Å². The Morgan fingerprint density at radius 2 is 1.62 bits per heavy atom. The van der Waals surface area contributed by atoms with Gasteiger partial charge < -0.3 is 20.5 Å². The number of nitrogens with zero attached hydrogens (tertiary/aromatic N) is 1. The summed E-state index contributed by atoms with van der Waals surface area (Å²) in [5, 5.41) is 18.6. The molecule has 0 radical (unpaired) electrons. The van der Waals surface area contributed by atoms with Crippen LogP contribution in [0.3, 0.4) is 0 Å². The molecule has 162 valence electrons. The molecule has 0 aromatic heterocycles. The maximum absolute atomic E-state index is 12.6. The molecule has 4 N–H and O–H groups in total. The molecule has 0 unspecified atom stereocenters. The number of nitrogens with one attached hydrogen (secondary N) is 3. The van der Waals surface area contributed by atoms with Crippen LogP contribution in [0.15, 0.2) is 77.9 Å². The second-order valence-electron chi connectivity index (χ2n) is 6.44. The number of phenolic OH excluding ortho intramolecular Hbond substituents is 1. The lowest BCUT2D eigenvalue weighted by Crippen LogP contribution is -2.33. The van der Waals surface area contributed by atoms with Gasteiger partial charge in [0, 0.05) is 11.3 Å². The van der Waals surface area contributed by atoms with Gasteiger partial charge >= 0.3 is 11.8 Å². The first kappa shape index (κ1) is 22.0. The number of rotatable bonds is 6. The van der Waals surface area contributed by atoms with Gasteiger partial charge in [-0.05, 0) is 42.5 Å². The summed E-state index contributed by atoms with van der Waals surface area (Å²) >= 11 is 0. The smallest absolute Gasteiger partial charge is 0.329 e. The van der Waals surface area contributed by atoms with Crippen molar-refractivity contribution in [2.24, 2.45) is 5.10 Å². The summed E-state index contributed by atoms with van der Waals surface area (Å²) in [4.78, 5) is 36.9. The molecule has 0 saturated carbocycles.